The third kappa shape index (κ3) is 5.23. The summed E-state index contributed by atoms with van der Waals surface area (Å²) >= 11 is 0. The van der Waals surface area contributed by atoms with Gasteiger partial charge in [-0.25, -0.2) is 0 Å². The Morgan fingerprint density at radius 3 is 2.71 bits per heavy atom. The molecule has 2 rings (SSSR count). The summed E-state index contributed by atoms with van der Waals surface area (Å²) in [6.45, 7) is 1.84. The molecule has 0 bridgehead atoms. The molecule has 0 aliphatic carbocycles. The third-order valence-electron chi connectivity index (χ3n) is 3.87. The van der Waals surface area contributed by atoms with Gasteiger partial charge in [0.2, 0.25) is 5.91 Å². The van der Waals surface area contributed by atoms with Crippen molar-refractivity contribution in [1.82, 2.24) is 10.6 Å². The number of alkyl halides is 3. The van der Waals surface area contributed by atoms with Crippen LogP contribution < -0.4 is 16.0 Å². The number of halogens is 3. The number of benzene rings is 1. The second-order valence-electron chi connectivity index (χ2n) is 5.86. The summed E-state index contributed by atoms with van der Waals surface area (Å²) in [5.41, 5.74) is 1.24. The van der Waals surface area contributed by atoms with Crippen LogP contribution in [0.2, 0.25) is 0 Å². The highest BCUT2D eigenvalue weighted by Gasteiger charge is 2.28. The molecule has 1 unspecified atom stereocenters. The van der Waals surface area contributed by atoms with E-state index >= 15 is 0 Å². The van der Waals surface area contributed by atoms with Gasteiger partial charge in [-0.3, -0.25) is 9.59 Å². The molecule has 1 aliphatic rings. The first kappa shape index (κ1) is 18.3. The van der Waals surface area contributed by atoms with Gasteiger partial charge in [0.25, 0.3) is 5.91 Å². The van der Waals surface area contributed by atoms with Crippen LogP contribution in [-0.4, -0.2) is 37.6 Å². The molecule has 132 valence electrons. The molecular weight excluding hydrogens is 323 g/mol. The predicted molar refractivity (Wildman–Crippen MR) is 83.8 cm³/mol. The molecule has 1 heterocycles. The lowest BCUT2D eigenvalue weighted by Crippen LogP contribution is -2.37. The molecule has 0 aromatic heterocycles. The van der Waals surface area contributed by atoms with E-state index in [1.807, 2.05) is 5.32 Å². The summed E-state index contributed by atoms with van der Waals surface area (Å²) in [4.78, 5) is 24.1. The van der Waals surface area contributed by atoms with E-state index in [-0.39, 0.29) is 17.4 Å². The van der Waals surface area contributed by atoms with Crippen LogP contribution in [0.25, 0.3) is 0 Å². The van der Waals surface area contributed by atoms with Crippen LogP contribution in [0.5, 0.6) is 0 Å². The molecule has 0 saturated carbocycles. The number of carbonyl (C=O) groups is 2. The second-order valence-corrected chi connectivity index (χ2v) is 5.86. The maximum atomic E-state index is 12.3. The van der Waals surface area contributed by atoms with Gasteiger partial charge in [0.15, 0.2) is 0 Å². The summed E-state index contributed by atoms with van der Waals surface area (Å²) in [6.07, 6.45) is -2.77. The molecule has 24 heavy (non-hydrogen) atoms. The van der Waals surface area contributed by atoms with Crippen molar-refractivity contribution in [3.8, 4) is 0 Å². The highest BCUT2D eigenvalue weighted by Crippen LogP contribution is 2.20. The number of hydrogen-bond donors (Lipinski definition) is 3. The molecule has 0 spiro atoms. The molecule has 8 heteroatoms. The van der Waals surface area contributed by atoms with Crippen LogP contribution >= 0.6 is 0 Å². The monoisotopic (exact) mass is 343 g/mol. The van der Waals surface area contributed by atoms with Crippen molar-refractivity contribution in [1.29, 1.82) is 0 Å². The fourth-order valence-corrected chi connectivity index (χ4v) is 2.49. The molecule has 1 aromatic carbocycles. The van der Waals surface area contributed by atoms with Gasteiger partial charge in [0, 0.05) is 17.8 Å². The lowest BCUT2D eigenvalue weighted by molar-refractivity contribution is -0.123. The number of carbonyl (C=O) groups excluding carboxylic acids is 2. The smallest absolute Gasteiger partial charge is 0.343 e. The molecular formula is C16H20F3N3O2. The Labute approximate surface area is 138 Å². The quantitative estimate of drug-likeness (QED) is 0.785. The first-order chi connectivity index (χ1) is 11.3. The van der Waals surface area contributed by atoms with Crippen LogP contribution in [-0.2, 0) is 4.79 Å². The van der Waals surface area contributed by atoms with Crippen molar-refractivity contribution in [2.75, 3.05) is 25.0 Å². The number of nitrogens with one attached hydrogen (secondary N) is 3. The summed E-state index contributed by atoms with van der Waals surface area (Å²) in [7, 11) is 0. The van der Waals surface area contributed by atoms with E-state index < -0.39 is 18.6 Å². The maximum Gasteiger partial charge on any atom is 0.405 e. The number of amides is 2. The van der Waals surface area contributed by atoms with E-state index in [0.29, 0.717) is 12.2 Å². The van der Waals surface area contributed by atoms with Gasteiger partial charge >= 0.3 is 6.18 Å². The highest BCUT2D eigenvalue weighted by molar-refractivity contribution is 5.98. The van der Waals surface area contributed by atoms with E-state index in [9.17, 15) is 22.8 Å². The Morgan fingerprint density at radius 2 is 2.08 bits per heavy atom. The zero-order valence-corrected chi connectivity index (χ0v) is 13.3. The second kappa shape index (κ2) is 7.65. The van der Waals surface area contributed by atoms with Crippen molar-refractivity contribution in [3.63, 3.8) is 0 Å². The van der Waals surface area contributed by atoms with E-state index in [1.54, 1.807) is 13.0 Å². The normalized spacial score (nSPS) is 18.1. The lowest BCUT2D eigenvalue weighted by Gasteiger charge is -2.22. The molecule has 0 radical (unpaired) electrons. The van der Waals surface area contributed by atoms with Crippen LogP contribution in [0.3, 0.4) is 0 Å². The Morgan fingerprint density at radius 1 is 1.33 bits per heavy atom. The minimum absolute atomic E-state index is 0.0712. The van der Waals surface area contributed by atoms with Crippen molar-refractivity contribution >= 4 is 17.5 Å². The van der Waals surface area contributed by atoms with E-state index in [4.69, 9.17) is 0 Å². The van der Waals surface area contributed by atoms with E-state index in [0.717, 1.165) is 24.9 Å². The lowest BCUT2D eigenvalue weighted by atomic mass is 9.98. The standard InChI is InChI=1S/C16H20F3N3O2/c1-10-4-5-11(14(23)21-9-16(17,18)19)7-13(10)22-15(24)12-3-2-6-20-8-12/h4-5,7,12,20H,2-3,6,8-9H2,1H3,(H,21,23)(H,22,24). The first-order valence-electron chi connectivity index (χ1n) is 7.73. The minimum atomic E-state index is -4.47. The van der Waals surface area contributed by atoms with Crippen LogP contribution in [0.15, 0.2) is 18.2 Å². The maximum absolute atomic E-state index is 12.3. The summed E-state index contributed by atoms with van der Waals surface area (Å²) < 4.78 is 36.5. The Kier molecular flexibility index (Phi) is 5.82. The Hall–Kier alpha value is -2.09. The van der Waals surface area contributed by atoms with Gasteiger partial charge in [0.1, 0.15) is 6.54 Å². The number of hydrogen-bond acceptors (Lipinski definition) is 3. The average molecular weight is 343 g/mol. The van der Waals surface area contributed by atoms with Crippen molar-refractivity contribution < 1.29 is 22.8 Å². The van der Waals surface area contributed by atoms with E-state index in [1.165, 1.54) is 12.1 Å². The van der Waals surface area contributed by atoms with Gasteiger partial charge < -0.3 is 16.0 Å². The number of anilines is 1. The largest absolute Gasteiger partial charge is 0.405 e. The molecule has 1 saturated heterocycles. The van der Waals surface area contributed by atoms with Gasteiger partial charge in [0.05, 0.1) is 5.92 Å². The Bertz CT molecular complexity index is 611. The highest BCUT2D eigenvalue weighted by atomic mass is 19.4. The van der Waals surface area contributed by atoms with Crippen molar-refractivity contribution in [2.24, 2.45) is 5.92 Å². The van der Waals surface area contributed by atoms with Gasteiger partial charge in [-0.1, -0.05) is 6.07 Å². The molecule has 1 aromatic rings. The molecule has 2 amide bonds. The zero-order chi connectivity index (χ0) is 17.7. The Balaban J connectivity index is 2.04. The van der Waals surface area contributed by atoms with Crippen molar-refractivity contribution in [2.45, 2.75) is 25.9 Å². The van der Waals surface area contributed by atoms with Crippen LogP contribution in [0, 0.1) is 12.8 Å². The van der Waals surface area contributed by atoms with Gasteiger partial charge in [-0.2, -0.15) is 13.2 Å². The molecule has 1 fully saturated rings. The molecule has 1 aliphatic heterocycles. The van der Waals surface area contributed by atoms with Gasteiger partial charge in [-0.15, -0.1) is 0 Å². The summed E-state index contributed by atoms with van der Waals surface area (Å²) in [5, 5.41) is 7.73. The predicted octanol–water partition coefficient (Wildman–Crippen LogP) is 2.23. The van der Waals surface area contributed by atoms with Crippen LogP contribution in [0.4, 0.5) is 18.9 Å². The summed E-state index contributed by atoms with van der Waals surface area (Å²) in [5.74, 6) is -1.14. The first-order valence-corrected chi connectivity index (χ1v) is 7.73. The fraction of sp³-hybridized carbons (Fsp3) is 0.500. The van der Waals surface area contributed by atoms with E-state index in [2.05, 4.69) is 10.6 Å². The molecule has 5 nitrogen and oxygen atoms in total. The van der Waals surface area contributed by atoms with Crippen molar-refractivity contribution in [3.05, 3.63) is 29.3 Å². The third-order valence-corrected chi connectivity index (χ3v) is 3.87. The molecule has 3 N–H and O–H groups in total. The topological polar surface area (TPSA) is 70.2 Å². The summed E-state index contributed by atoms with van der Waals surface area (Å²) in [6, 6.07) is 4.42. The SMILES string of the molecule is Cc1ccc(C(=O)NCC(F)(F)F)cc1NC(=O)C1CCCNC1. The zero-order valence-electron chi connectivity index (χ0n) is 13.3. The molecule has 1 atom stereocenters. The fourth-order valence-electron chi connectivity index (χ4n) is 2.49. The van der Waals surface area contributed by atoms with Gasteiger partial charge in [-0.05, 0) is 44.0 Å². The number of aryl methyl sites for hydroxylation is 1. The minimum Gasteiger partial charge on any atom is -0.343 e. The van der Waals surface area contributed by atoms with Crippen LogP contribution in [0.1, 0.15) is 28.8 Å². The number of piperidine rings is 1. The number of rotatable bonds is 4. The average Bonchev–Trinajstić information content (AvgIpc) is 2.54.